The third-order valence-corrected chi connectivity index (χ3v) is 5.09. The summed E-state index contributed by atoms with van der Waals surface area (Å²) in [6, 6.07) is 10.0. The third kappa shape index (κ3) is 4.65. The molecule has 2 aromatic heterocycles. The number of fused-ring (bicyclic) bond motifs is 1. The van der Waals surface area contributed by atoms with Crippen LogP contribution in [-0.4, -0.2) is 33.9 Å². The topological polar surface area (TPSA) is 58.1 Å². The number of rotatable bonds is 3. The highest BCUT2D eigenvalue weighted by Gasteiger charge is 2.22. The molecule has 3 aromatic rings. The number of nitrogens with one attached hydrogen (secondary N) is 1. The number of likely N-dealkylation sites (tertiary alicyclic amines) is 1. The standard InChI is InChI=1S/C22H23FN4O.ClH/c1-15-9-10-18-20(26-17-8-6-7-16(23)13-17)19(14-24-21(18)25-15)22(28)27-11-4-2-3-5-12-27;/h6-10,13-14H,2-5,11-12H2,1H3,(H,24,25,26);1H. The molecule has 1 aliphatic rings. The van der Waals surface area contributed by atoms with Crippen molar-refractivity contribution in [3.05, 3.63) is 59.7 Å². The van der Waals surface area contributed by atoms with Gasteiger partial charge in [-0.2, -0.15) is 0 Å². The first-order chi connectivity index (χ1) is 13.6. The summed E-state index contributed by atoms with van der Waals surface area (Å²) in [5.74, 6) is -0.381. The highest BCUT2D eigenvalue weighted by Crippen LogP contribution is 2.30. The van der Waals surface area contributed by atoms with Crippen molar-refractivity contribution < 1.29 is 9.18 Å². The maximum atomic E-state index is 13.7. The Hall–Kier alpha value is -2.73. The first-order valence-electron chi connectivity index (χ1n) is 9.70. The van der Waals surface area contributed by atoms with Gasteiger partial charge in [-0.25, -0.2) is 14.4 Å². The number of halogens is 2. The Bertz CT molecular complexity index is 1020. The maximum Gasteiger partial charge on any atom is 0.257 e. The van der Waals surface area contributed by atoms with E-state index in [0.29, 0.717) is 22.6 Å². The van der Waals surface area contributed by atoms with E-state index in [-0.39, 0.29) is 24.1 Å². The number of hydrogen-bond donors (Lipinski definition) is 1. The van der Waals surface area contributed by atoms with Crippen LogP contribution in [0.15, 0.2) is 42.6 Å². The highest BCUT2D eigenvalue weighted by atomic mass is 35.5. The molecule has 1 aliphatic heterocycles. The van der Waals surface area contributed by atoms with Crippen molar-refractivity contribution in [1.82, 2.24) is 14.9 Å². The molecule has 1 aromatic carbocycles. The van der Waals surface area contributed by atoms with Gasteiger partial charge in [0.25, 0.3) is 5.91 Å². The number of amides is 1. The van der Waals surface area contributed by atoms with Gasteiger partial charge < -0.3 is 10.2 Å². The molecule has 1 N–H and O–H groups in total. The molecule has 0 spiro atoms. The first-order valence-corrected chi connectivity index (χ1v) is 9.70. The van der Waals surface area contributed by atoms with Gasteiger partial charge in [-0.15, -0.1) is 12.4 Å². The Kier molecular flexibility index (Phi) is 6.64. The highest BCUT2D eigenvalue weighted by molar-refractivity contribution is 6.07. The second kappa shape index (κ2) is 9.18. The van der Waals surface area contributed by atoms with Crippen molar-refractivity contribution in [2.45, 2.75) is 32.6 Å². The first kappa shape index (κ1) is 21.0. The zero-order chi connectivity index (χ0) is 19.5. The monoisotopic (exact) mass is 414 g/mol. The van der Waals surface area contributed by atoms with Crippen LogP contribution < -0.4 is 5.32 Å². The van der Waals surface area contributed by atoms with Crippen LogP contribution in [-0.2, 0) is 0 Å². The van der Waals surface area contributed by atoms with Crippen LogP contribution in [0, 0.1) is 12.7 Å². The number of benzene rings is 1. The predicted molar refractivity (Wildman–Crippen MR) is 116 cm³/mol. The molecule has 0 radical (unpaired) electrons. The molecule has 0 unspecified atom stereocenters. The van der Waals surface area contributed by atoms with E-state index in [1.165, 1.54) is 12.1 Å². The van der Waals surface area contributed by atoms with Gasteiger partial charge in [0.2, 0.25) is 0 Å². The van der Waals surface area contributed by atoms with Crippen molar-refractivity contribution in [3.63, 3.8) is 0 Å². The van der Waals surface area contributed by atoms with Gasteiger partial charge in [0.1, 0.15) is 5.82 Å². The lowest BCUT2D eigenvalue weighted by atomic mass is 10.1. The molecular formula is C22H24ClFN4O. The lowest BCUT2D eigenvalue weighted by molar-refractivity contribution is 0.0762. The van der Waals surface area contributed by atoms with Crippen molar-refractivity contribution >= 4 is 40.7 Å². The quantitative estimate of drug-likeness (QED) is 0.635. The van der Waals surface area contributed by atoms with E-state index in [4.69, 9.17) is 0 Å². The molecule has 0 saturated carbocycles. The second-order valence-corrected chi connectivity index (χ2v) is 7.21. The van der Waals surface area contributed by atoms with Crippen molar-refractivity contribution in [2.75, 3.05) is 18.4 Å². The summed E-state index contributed by atoms with van der Waals surface area (Å²) in [4.78, 5) is 24.1. The number of hydrogen-bond acceptors (Lipinski definition) is 4. The minimum Gasteiger partial charge on any atom is -0.354 e. The van der Waals surface area contributed by atoms with Crippen LogP contribution in [0.1, 0.15) is 41.7 Å². The summed E-state index contributed by atoms with van der Waals surface area (Å²) in [5.41, 5.74) is 3.11. The normalized spacial score (nSPS) is 14.2. The molecule has 1 saturated heterocycles. The van der Waals surface area contributed by atoms with Gasteiger partial charge >= 0.3 is 0 Å². The summed E-state index contributed by atoms with van der Waals surface area (Å²) in [6.45, 7) is 3.40. The summed E-state index contributed by atoms with van der Waals surface area (Å²) >= 11 is 0. The lowest BCUT2D eigenvalue weighted by Gasteiger charge is -2.22. The molecule has 5 nitrogen and oxygen atoms in total. The summed E-state index contributed by atoms with van der Waals surface area (Å²) in [7, 11) is 0. The number of nitrogens with zero attached hydrogens (tertiary/aromatic N) is 3. The smallest absolute Gasteiger partial charge is 0.257 e. The minimum atomic E-state index is -0.335. The Morgan fingerprint density at radius 3 is 2.59 bits per heavy atom. The summed E-state index contributed by atoms with van der Waals surface area (Å²) in [5, 5.41) is 3.99. The Balaban J connectivity index is 0.00000240. The number of pyridine rings is 2. The lowest BCUT2D eigenvalue weighted by Crippen LogP contribution is -2.32. The Labute approximate surface area is 175 Å². The Morgan fingerprint density at radius 1 is 1.10 bits per heavy atom. The van der Waals surface area contributed by atoms with E-state index in [2.05, 4.69) is 15.3 Å². The summed E-state index contributed by atoms with van der Waals surface area (Å²) < 4.78 is 13.7. The molecule has 0 bridgehead atoms. The molecule has 29 heavy (non-hydrogen) atoms. The number of aryl methyl sites for hydroxylation is 1. The van der Waals surface area contributed by atoms with Gasteiger partial charge in [-0.05, 0) is 50.1 Å². The number of anilines is 2. The zero-order valence-corrected chi connectivity index (χ0v) is 17.1. The maximum absolute atomic E-state index is 13.7. The van der Waals surface area contributed by atoms with Crippen LogP contribution >= 0.6 is 12.4 Å². The molecule has 0 atom stereocenters. The van der Waals surface area contributed by atoms with Crippen LogP contribution in [0.3, 0.4) is 0 Å². The fourth-order valence-electron chi connectivity index (χ4n) is 3.62. The van der Waals surface area contributed by atoms with E-state index in [1.54, 1.807) is 18.3 Å². The second-order valence-electron chi connectivity index (χ2n) is 7.21. The fourth-order valence-corrected chi connectivity index (χ4v) is 3.62. The summed E-state index contributed by atoms with van der Waals surface area (Å²) in [6.07, 6.45) is 5.92. The number of carbonyl (C=O) groups is 1. The molecule has 1 amide bonds. The van der Waals surface area contributed by atoms with Gasteiger partial charge in [0.15, 0.2) is 5.65 Å². The van der Waals surface area contributed by atoms with Gasteiger partial charge in [-0.1, -0.05) is 18.9 Å². The van der Waals surface area contributed by atoms with Crippen LogP contribution in [0.4, 0.5) is 15.8 Å². The van der Waals surface area contributed by atoms with Crippen LogP contribution in [0.25, 0.3) is 11.0 Å². The number of carbonyl (C=O) groups excluding carboxylic acids is 1. The molecule has 152 valence electrons. The Morgan fingerprint density at radius 2 is 1.86 bits per heavy atom. The molecule has 0 aliphatic carbocycles. The van der Waals surface area contributed by atoms with Crippen LogP contribution in [0.2, 0.25) is 0 Å². The van der Waals surface area contributed by atoms with E-state index >= 15 is 0 Å². The molecular weight excluding hydrogens is 391 g/mol. The average molecular weight is 415 g/mol. The number of aromatic nitrogens is 2. The molecule has 1 fully saturated rings. The minimum absolute atomic E-state index is 0. The van der Waals surface area contributed by atoms with Crippen molar-refractivity contribution in [3.8, 4) is 0 Å². The van der Waals surface area contributed by atoms with Crippen LogP contribution in [0.5, 0.6) is 0 Å². The SMILES string of the molecule is Cc1ccc2c(Nc3cccc(F)c3)c(C(=O)N3CCCCCC3)cnc2n1.Cl. The zero-order valence-electron chi connectivity index (χ0n) is 16.3. The fraction of sp³-hybridized carbons (Fsp3) is 0.318. The molecule has 4 rings (SSSR count). The van der Waals surface area contributed by atoms with Gasteiger partial charge in [0.05, 0.1) is 11.3 Å². The van der Waals surface area contributed by atoms with E-state index in [9.17, 15) is 9.18 Å². The van der Waals surface area contributed by atoms with E-state index < -0.39 is 0 Å². The molecule has 7 heteroatoms. The van der Waals surface area contributed by atoms with Crippen molar-refractivity contribution in [1.29, 1.82) is 0 Å². The van der Waals surface area contributed by atoms with Gasteiger partial charge in [0, 0.05) is 36.1 Å². The predicted octanol–water partition coefficient (Wildman–Crippen LogP) is 5.26. The van der Waals surface area contributed by atoms with Gasteiger partial charge in [-0.3, -0.25) is 4.79 Å². The van der Waals surface area contributed by atoms with E-state index in [1.807, 2.05) is 24.0 Å². The molecule has 3 heterocycles. The van der Waals surface area contributed by atoms with Crippen molar-refractivity contribution in [2.24, 2.45) is 0 Å². The largest absolute Gasteiger partial charge is 0.354 e. The third-order valence-electron chi connectivity index (χ3n) is 5.09. The van der Waals surface area contributed by atoms with E-state index in [0.717, 1.165) is 49.9 Å². The average Bonchev–Trinajstić information content (AvgIpc) is 2.97.